The van der Waals surface area contributed by atoms with Crippen LogP contribution < -0.4 is 4.90 Å². The van der Waals surface area contributed by atoms with Gasteiger partial charge in [-0.25, -0.2) is 13.8 Å². The van der Waals surface area contributed by atoms with Gasteiger partial charge in [-0.2, -0.15) is 0 Å². The van der Waals surface area contributed by atoms with E-state index >= 15 is 0 Å². The van der Waals surface area contributed by atoms with E-state index in [2.05, 4.69) is 34.1 Å². The number of anilines is 1. The van der Waals surface area contributed by atoms with Gasteiger partial charge < -0.3 is 4.90 Å². The number of aliphatic imine (C=N–C) groups is 1. The number of urea groups is 1. The molecule has 9 heteroatoms. The van der Waals surface area contributed by atoms with Gasteiger partial charge in [-0.3, -0.25) is 19.5 Å². The van der Waals surface area contributed by atoms with Crippen molar-refractivity contribution >= 4 is 29.3 Å². The minimum atomic E-state index is -0.612. The summed E-state index contributed by atoms with van der Waals surface area (Å²) in [7, 11) is 3.19. The molecular formula is C26H30FN6O2+. The van der Waals surface area contributed by atoms with Crippen molar-refractivity contribution in [1.82, 2.24) is 14.7 Å². The molecule has 3 aliphatic rings. The first-order chi connectivity index (χ1) is 16.8. The Kier molecular flexibility index (Phi) is 6.10. The van der Waals surface area contributed by atoms with Crippen LogP contribution in [0, 0.1) is 12.7 Å². The lowest BCUT2D eigenvalue weighted by atomic mass is 10.1. The maximum atomic E-state index is 13.3. The molecule has 0 bridgehead atoms. The summed E-state index contributed by atoms with van der Waals surface area (Å²) in [6.07, 6.45) is 0. The van der Waals surface area contributed by atoms with Gasteiger partial charge in [0, 0.05) is 46.0 Å². The molecule has 0 radical (unpaired) electrons. The third kappa shape index (κ3) is 4.43. The number of imide groups is 1. The van der Waals surface area contributed by atoms with Crippen LogP contribution in [0.1, 0.15) is 11.1 Å². The first kappa shape index (κ1) is 23.2. The molecule has 0 aromatic heterocycles. The highest BCUT2D eigenvalue weighted by Gasteiger charge is 2.53. The van der Waals surface area contributed by atoms with Gasteiger partial charge in [-0.15, -0.1) is 0 Å². The van der Waals surface area contributed by atoms with E-state index < -0.39 is 6.04 Å². The highest BCUT2D eigenvalue weighted by Crippen LogP contribution is 2.22. The van der Waals surface area contributed by atoms with E-state index in [1.54, 1.807) is 7.05 Å². The van der Waals surface area contributed by atoms with Gasteiger partial charge in [-0.1, -0.05) is 29.8 Å². The van der Waals surface area contributed by atoms with Gasteiger partial charge in [0.1, 0.15) is 18.9 Å². The Balaban J connectivity index is 1.38. The van der Waals surface area contributed by atoms with Crippen LogP contribution in [0.5, 0.6) is 0 Å². The van der Waals surface area contributed by atoms with E-state index in [1.165, 1.54) is 34.5 Å². The lowest BCUT2D eigenvalue weighted by Crippen LogP contribution is -2.61. The zero-order chi connectivity index (χ0) is 24.7. The van der Waals surface area contributed by atoms with E-state index in [0.29, 0.717) is 18.9 Å². The number of fused-ring (bicyclic) bond motifs is 1. The standard InChI is InChI=1S/C26H30FN6O2/c1-18-4-6-19(7-5-18)16-33-22(28-24-23(33)25(34)30(3)26(35)29(24)2)17-31-12-14-32(15-13-31)21-10-8-20(27)9-11-21/h4-11,23H,12-17H2,1-3H3/q+1. The zero-order valence-corrected chi connectivity index (χ0v) is 20.3. The molecule has 182 valence electrons. The number of hydrogen-bond donors (Lipinski definition) is 0. The van der Waals surface area contributed by atoms with Crippen LogP contribution >= 0.6 is 0 Å². The first-order valence-electron chi connectivity index (χ1n) is 11.9. The molecule has 1 unspecified atom stereocenters. The Morgan fingerprint density at radius 1 is 0.943 bits per heavy atom. The molecule has 35 heavy (non-hydrogen) atoms. The number of amidine groups is 2. The number of rotatable bonds is 5. The Bertz CT molecular complexity index is 1200. The lowest BCUT2D eigenvalue weighted by molar-refractivity contribution is -0.552. The van der Waals surface area contributed by atoms with Crippen LogP contribution in [0.15, 0.2) is 53.5 Å². The van der Waals surface area contributed by atoms with Crippen molar-refractivity contribution < 1.29 is 18.6 Å². The summed E-state index contributed by atoms with van der Waals surface area (Å²) in [6.45, 7) is 6.43. The average Bonchev–Trinajstić information content (AvgIpc) is 3.21. The van der Waals surface area contributed by atoms with E-state index in [4.69, 9.17) is 4.99 Å². The number of carbonyl (C=O) groups excluding carboxylic acids is 2. The number of benzene rings is 2. The summed E-state index contributed by atoms with van der Waals surface area (Å²) >= 11 is 0. The third-order valence-electron chi connectivity index (χ3n) is 7.02. The van der Waals surface area contributed by atoms with Crippen molar-refractivity contribution in [1.29, 1.82) is 0 Å². The summed E-state index contributed by atoms with van der Waals surface area (Å²) in [5.41, 5.74) is 3.27. The van der Waals surface area contributed by atoms with Crippen molar-refractivity contribution in [3.8, 4) is 0 Å². The predicted octanol–water partition coefficient (Wildman–Crippen LogP) is 2.17. The largest absolute Gasteiger partial charge is 0.369 e. The summed E-state index contributed by atoms with van der Waals surface area (Å²) in [6, 6.07) is 13.9. The minimum absolute atomic E-state index is 0.233. The van der Waals surface area contributed by atoms with E-state index in [9.17, 15) is 14.0 Å². The molecular weight excluding hydrogens is 447 g/mol. The number of hydrogen-bond acceptors (Lipinski definition) is 5. The number of carbonyl (C=O) groups is 2. The summed E-state index contributed by atoms with van der Waals surface area (Å²) < 4.78 is 15.3. The average molecular weight is 478 g/mol. The van der Waals surface area contributed by atoms with Crippen LogP contribution in [0.3, 0.4) is 0 Å². The molecule has 8 nitrogen and oxygen atoms in total. The van der Waals surface area contributed by atoms with Crippen LogP contribution in [0.4, 0.5) is 14.9 Å². The Labute approximate surface area is 204 Å². The second kappa shape index (κ2) is 9.22. The van der Waals surface area contributed by atoms with Gasteiger partial charge in [-0.05, 0) is 41.7 Å². The summed E-state index contributed by atoms with van der Waals surface area (Å²) in [5.74, 6) is 0.798. The van der Waals surface area contributed by atoms with Gasteiger partial charge in [0.25, 0.3) is 17.8 Å². The maximum absolute atomic E-state index is 13.3. The van der Waals surface area contributed by atoms with Crippen molar-refractivity contribution in [2.45, 2.75) is 19.5 Å². The molecule has 2 aromatic carbocycles. The van der Waals surface area contributed by atoms with Crippen LogP contribution in [0.2, 0.25) is 0 Å². The predicted molar refractivity (Wildman–Crippen MR) is 132 cm³/mol. The molecule has 3 aliphatic heterocycles. The van der Waals surface area contributed by atoms with Crippen LogP contribution in [-0.2, 0) is 11.3 Å². The maximum Gasteiger partial charge on any atom is 0.333 e. The number of amides is 3. The van der Waals surface area contributed by atoms with Gasteiger partial charge >= 0.3 is 11.9 Å². The zero-order valence-electron chi connectivity index (χ0n) is 20.3. The molecule has 2 aromatic rings. The minimum Gasteiger partial charge on any atom is -0.369 e. The fourth-order valence-electron chi connectivity index (χ4n) is 4.86. The molecule has 2 saturated heterocycles. The van der Waals surface area contributed by atoms with E-state index in [0.717, 1.165) is 43.3 Å². The van der Waals surface area contributed by atoms with Crippen LogP contribution in [-0.4, -0.2) is 95.7 Å². The van der Waals surface area contributed by atoms with Crippen molar-refractivity contribution in [3.63, 3.8) is 0 Å². The second-order valence-corrected chi connectivity index (χ2v) is 9.38. The second-order valence-electron chi connectivity index (χ2n) is 9.38. The molecule has 2 fully saturated rings. The third-order valence-corrected chi connectivity index (χ3v) is 7.02. The highest BCUT2D eigenvalue weighted by atomic mass is 19.1. The molecule has 0 N–H and O–H groups in total. The van der Waals surface area contributed by atoms with Crippen molar-refractivity contribution in [2.75, 3.05) is 51.7 Å². The molecule has 3 amide bonds. The van der Waals surface area contributed by atoms with Crippen molar-refractivity contribution in [2.24, 2.45) is 4.99 Å². The van der Waals surface area contributed by atoms with Gasteiger partial charge in [0.05, 0.1) is 0 Å². The molecule has 3 heterocycles. The van der Waals surface area contributed by atoms with Gasteiger partial charge in [0.2, 0.25) is 0 Å². The molecule has 0 saturated carbocycles. The van der Waals surface area contributed by atoms with E-state index in [-0.39, 0.29) is 17.8 Å². The number of aryl methyl sites for hydroxylation is 1. The van der Waals surface area contributed by atoms with Crippen LogP contribution in [0.25, 0.3) is 0 Å². The summed E-state index contributed by atoms with van der Waals surface area (Å²) in [5, 5.41) is 0. The van der Waals surface area contributed by atoms with Gasteiger partial charge in [0.15, 0.2) is 0 Å². The Hall–Kier alpha value is -3.59. The molecule has 5 rings (SSSR count). The molecule has 0 spiro atoms. The first-order valence-corrected chi connectivity index (χ1v) is 11.9. The topological polar surface area (TPSA) is 62.5 Å². The Morgan fingerprint density at radius 3 is 2.26 bits per heavy atom. The SMILES string of the molecule is Cc1ccc(C[N+]2=C(CN3CCN(c4ccc(F)cc4)CC3)N=C3C2C(=O)N(C)C(=O)N3C)cc1. The molecule has 1 atom stereocenters. The quantitative estimate of drug-likeness (QED) is 0.620. The number of nitrogens with zero attached hydrogens (tertiary/aromatic N) is 6. The summed E-state index contributed by atoms with van der Waals surface area (Å²) in [4.78, 5) is 37.8. The number of likely N-dealkylation sites (N-methyl/N-ethyl adjacent to an activating group) is 2. The fraction of sp³-hybridized carbons (Fsp3) is 0.385. The molecule has 0 aliphatic carbocycles. The monoisotopic (exact) mass is 477 g/mol. The lowest BCUT2D eigenvalue weighted by Gasteiger charge is -2.35. The normalized spacial score (nSPS) is 21.1. The van der Waals surface area contributed by atoms with E-state index in [1.807, 2.05) is 23.6 Å². The Morgan fingerprint density at radius 2 is 1.60 bits per heavy atom. The number of piperazine rings is 1. The highest BCUT2D eigenvalue weighted by molar-refractivity contribution is 6.23. The number of halogens is 1. The van der Waals surface area contributed by atoms with Crippen molar-refractivity contribution in [3.05, 3.63) is 65.5 Å². The smallest absolute Gasteiger partial charge is 0.333 e. The fourth-order valence-corrected chi connectivity index (χ4v) is 4.86.